The van der Waals surface area contributed by atoms with Gasteiger partial charge in [0.15, 0.2) is 5.16 Å². The van der Waals surface area contributed by atoms with Gasteiger partial charge in [0.1, 0.15) is 5.82 Å². The molecule has 0 radical (unpaired) electrons. The van der Waals surface area contributed by atoms with E-state index in [0.29, 0.717) is 0 Å². The maximum Gasteiger partial charge on any atom is 0.191 e. The summed E-state index contributed by atoms with van der Waals surface area (Å²) >= 11 is 1.77. The Balaban J connectivity index is 1.74. The van der Waals surface area contributed by atoms with E-state index in [1.165, 1.54) is 16.7 Å². The van der Waals surface area contributed by atoms with E-state index >= 15 is 0 Å². The van der Waals surface area contributed by atoms with Crippen molar-refractivity contribution in [2.75, 3.05) is 20.2 Å². The maximum atomic E-state index is 5.90. The van der Waals surface area contributed by atoms with Crippen LogP contribution in [0.4, 0.5) is 0 Å². The molecule has 2 heterocycles. The molecule has 1 aromatic heterocycles. The van der Waals surface area contributed by atoms with E-state index in [0.717, 1.165) is 55.8 Å². The third kappa shape index (κ3) is 5.69. The Labute approximate surface area is 173 Å². The quantitative estimate of drug-likeness (QED) is 0.459. The van der Waals surface area contributed by atoms with Crippen molar-refractivity contribution in [3.8, 4) is 0 Å². The van der Waals surface area contributed by atoms with Crippen LogP contribution >= 0.6 is 11.8 Å². The van der Waals surface area contributed by atoms with Crippen molar-refractivity contribution in [1.82, 2.24) is 19.7 Å². The molecule has 0 bridgehead atoms. The summed E-state index contributed by atoms with van der Waals surface area (Å²) in [5.74, 6) is 1.93. The normalized spacial score (nSPS) is 17.6. The summed E-state index contributed by atoms with van der Waals surface area (Å²) < 4.78 is 8.17. The molecule has 3 rings (SSSR count). The van der Waals surface area contributed by atoms with E-state index in [9.17, 15) is 0 Å². The Morgan fingerprint density at radius 1 is 1.36 bits per heavy atom. The van der Waals surface area contributed by atoms with Crippen LogP contribution in [0.15, 0.2) is 41.1 Å². The summed E-state index contributed by atoms with van der Waals surface area (Å²) in [6.07, 6.45) is 4.70. The predicted molar refractivity (Wildman–Crippen MR) is 116 cm³/mol. The number of allylic oxidation sites excluding steroid dienone is 1. The Morgan fingerprint density at radius 3 is 2.89 bits per heavy atom. The number of rotatable bonds is 9. The van der Waals surface area contributed by atoms with Crippen molar-refractivity contribution >= 4 is 11.8 Å². The molecule has 1 aromatic carbocycles. The summed E-state index contributed by atoms with van der Waals surface area (Å²) in [7, 11) is 2.14. The van der Waals surface area contributed by atoms with Crippen LogP contribution < -0.4 is 0 Å². The molecule has 1 fully saturated rings. The van der Waals surface area contributed by atoms with Crippen LogP contribution in [0.1, 0.15) is 43.6 Å². The Kier molecular flexibility index (Phi) is 7.71. The van der Waals surface area contributed by atoms with E-state index in [4.69, 9.17) is 4.74 Å². The van der Waals surface area contributed by atoms with Gasteiger partial charge in [-0.15, -0.1) is 10.2 Å². The Bertz CT molecular complexity index is 796. The molecule has 2 aromatic rings. The van der Waals surface area contributed by atoms with Gasteiger partial charge in [-0.1, -0.05) is 47.7 Å². The minimum atomic E-state index is 0.273. The smallest absolute Gasteiger partial charge is 0.191 e. The molecular weight excluding hydrogens is 368 g/mol. The highest BCUT2D eigenvalue weighted by Crippen LogP contribution is 2.26. The second-order valence-electron chi connectivity index (χ2n) is 7.67. The fourth-order valence-corrected chi connectivity index (χ4v) is 4.49. The van der Waals surface area contributed by atoms with Crippen molar-refractivity contribution in [1.29, 1.82) is 0 Å². The van der Waals surface area contributed by atoms with Gasteiger partial charge in [0.25, 0.3) is 0 Å². The molecule has 1 saturated heterocycles. The van der Waals surface area contributed by atoms with Gasteiger partial charge in [-0.05, 0) is 51.8 Å². The van der Waals surface area contributed by atoms with Gasteiger partial charge in [-0.2, -0.15) is 0 Å². The third-order valence-electron chi connectivity index (χ3n) is 5.25. The van der Waals surface area contributed by atoms with Crippen LogP contribution in [0.5, 0.6) is 0 Å². The number of hydrogen-bond donors (Lipinski definition) is 0. The van der Waals surface area contributed by atoms with Crippen LogP contribution in [0, 0.1) is 6.92 Å². The molecule has 0 aliphatic carbocycles. The lowest BCUT2D eigenvalue weighted by atomic mass is 10.1. The lowest BCUT2D eigenvalue weighted by Gasteiger charge is -2.19. The monoisotopic (exact) mass is 400 g/mol. The van der Waals surface area contributed by atoms with Gasteiger partial charge in [0.05, 0.1) is 19.2 Å². The number of benzene rings is 1. The molecule has 0 amide bonds. The van der Waals surface area contributed by atoms with E-state index in [1.54, 1.807) is 11.8 Å². The number of thioether (sulfide) groups is 1. The fraction of sp³-hybridized carbons (Fsp3) is 0.545. The molecule has 1 aliphatic rings. The number of aryl methyl sites for hydroxylation is 1. The maximum absolute atomic E-state index is 5.90. The first-order chi connectivity index (χ1) is 13.6. The number of nitrogens with zero attached hydrogens (tertiary/aromatic N) is 4. The van der Waals surface area contributed by atoms with Gasteiger partial charge >= 0.3 is 0 Å². The van der Waals surface area contributed by atoms with Crippen LogP contribution in [0.3, 0.4) is 0 Å². The zero-order valence-corrected chi connectivity index (χ0v) is 18.3. The molecular formula is C22H32N4OS. The average molecular weight is 401 g/mol. The minimum Gasteiger partial charge on any atom is -0.376 e. The minimum absolute atomic E-state index is 0.273. The van der Waals surface area contributed by atoms with Crippen molar-refractivity contribution < 1.29 is 4.74 Å². The van der Waals surface area contributed by atoms with Crippen LogP contribution in [0.2, 0.25) is 0 Å². The van der Waals surface area contributed by atoms with Crippen molar-refractivity contribution in [3.63, 3.8) is 0 Å². The Morgan fingerprint density at radius 2 is 2.18 bits per heavy atom. The first kappa shape index (κ1) is 21.1. The van der Waals surface area contributed by atoms with Crippen molar-refractivity contribution in [2.45, 2.75) is 63.7 Å². The topological polar surface area (TPSA) is 43.2 Å². The van der Waals surface area contributed by atoms with Gasteiger partial charge < -0.3 is 9.30 Å². The summed E-state index contributed by atoms with van der Waals surface area (Å²) in [5, 5.41) is 10.1. The zero-order chi connectivity index (χ0) is 19.9. The summed E-state index contributed by atoms with van der Waals surface area (Å²) in [5.41, 5.74) is 4.03. The van der Waals surface area contributed by atoms with Gasteiger partial charge in [0.2, 0.25) is 0 Å². The molecule has 0 saturated carbocycles. The highest BCUT2D eigenvalue weighted by Gasteiger charge is 2.21. The average Bonchev–Trinajstić information content (AvgIpc) is 3.32. The number of hydrogen-bond acceptors (Lipinski definition) is 5. The molecule has 1 atom stereocenters. The third-order valence-corrected chi connectivity index (χ3v) is 6.26. The molecule has 0 spiro atoms. The van der Waals surface area contributed by atoms with Crippen LogP contribution in [-0.4, -0.2) is 46.0 Å². The Hall–Kier alpha value is -1.63. The van der Waals surface area contributed by atoms with Gasteiger partial charge in [-0.25, -0.2) is 0 Å². The van der Waals surface area contributed by atoms with E-state index in [-0.39, 0.29) is 6.10 Å². The molecule has 152 valence electrons. The van der Waals surface area contributed by atoms with Crippen molar-refractivity contribution in [3.05, 3.63) is 52.9 Å². The SMILES string of the molecule is C/C=C(\C)CN(C)Cc1nnc(SCc2ccccc2C)n1C[C@@H]1CCCO1. The number of ether oxygens (including phenoxy) is 1. The summed E-state index contributed by atoms with van der Waals surface area (Å²) in [4.78, 5) is 2.29. The molecule has 0 N–H and O–H groups in total. The highest BCUT2D eigenvalue weighted by molar-refractivity contribution is 7.98. The van der Waals surface area contributed by atoms with Gasteiger partial charge in [-0.3, -0.25) is 4.90 Å². The summed E-state index contributed by atoms with van der Waals surface area (Å²) in [6, 6.07) is 8.54. The molecule has 0 unspecified atom stereocenters. The largest absolute Gasteiger partial charge is 0.376 e. The van der Waals surface area contributed by atoms with E-state index < -0.39 is 0 Å². The number of aromatic nitrogens is 3. The van der Waals surface area contributed by atoms with Crippen molar-refractivity contribution in [2.24, 2.45) is 0 Å². The van der Waals surface area contributed by atoms with Crippen LogP contribution in [-0.2, 0) is 23.6 Å². The van der Waals surface area contributed by atoms with E-state index in [1.807, 2.05) is 0 Å². The predicted octanol–water partition coefficient (Wildman–Crippen LogP) is 4.46. The lowest BCUT2D eigenvalue weighted by molar-refractivity contribution is 0.0935. The second-order valence-corrected chi connectivity index (χ2v) is 8.61. The fourth-order valence-electron chi connectivity index (χ4n) is 3.45. The lowest BCUT2D eigenvalue weighted by Crippen LogP contribution is -2.24. The van der Waals surface area contributed by atoms with Gasteiger partial charge in [0, 0.05) is 18.9 Å². The zero-order valence-electron chi connectivity index (χ0n) is 17.5. The molecule has 6 heteroatoms. The second kappa shape index (κ2) is 10.2. The highest BCUT2D eigenvalue weighted by atomic mass is 32.2. The first-order valence-electron chi connectivity index (χ1n) is 10.1. The van der Waals surface area contributed by atoms with Crippen LogP contribution in [0.25, 0.3) is 0 Å². The number of likely N-dealkylation sites (N-methyl/N-ethyl adjacent to an activating group) is 1. The standard InChI is InChI=1S/C22H32N4OS/c1-5-17(2)13-25(4)15-21-23-24-22(26(21)14-20-11-8-12-27-20)28-16-19-10-7-6-9-18(19)3/h5-7,9-10,20H,8,11-16H2,1-4H3/b17-5+/t20-/m0/s1. The molecule has 1 aliphatic heterocycles. The van der Waals surface area contributed by atoms with E-state index in [2.05, 4.69) is 77.8 Å². The molecule has 5 nitrogen and oxygen atoms in total. The first-order valence-corrected chi connectivity index (χ1v) is 11.1. The molecule has 28 heavy (non-hydrogen) atoms. The summed E-state index contributed by atoms with van der Waals surface area (Å²) in [6.45, 7) is 9.85.